The Morgan fingerprint density at radius 3 is 2.96 bits per heavy atom. The summed E-state index contributed by atoms with van der Waals surface area (Å²) in [4.78, 5) is 26.5. The number of unbranched alkanes of at least 4 members (excludes halogenated alkanes) is 1. The van der Waals surface area contributed by atoms with Crippen molar-refractivity contribution in [2.45, 2.75) is 52.2 Å². The van der Waals surface area contributed by atoms with Gasteiger partial charge in [0, 0.05) is 13.1 Å². The van der Waals surface area contributed by atoms with Crippen LogP contribution in [-0.2, 0) is 9.59 Å². The van der Waals surface area contributed by atoms with Gasteiger partial charge in [0.05, 0.1) is 0 Å². The van der Waals surface area contributed by atoms with Crippen molar-refractivity contribution in [2.75, 3.05) is 13.1 Å². The minimum atomic E-state index is -0.605. The Labute approximate surface area is 138 Å². The van der Waals surface area contributed by atoms with E-state index in [-0.39, 0.29) is 17.9 Å². The number of hydrogen-bond acceptors (Lipinski definition) is 3. The van der Waals surface area contributed by atoms with Gasteiger partial charge in [0.25, 0.3) is 5.91 Å². The van der Waals surface area contributed by atoms with Crippen LogP contribution in [0, 0.1) is 6.92 Å². The molecule has 0 aromatic heterocycles. The van der Waals surface area contributed by atoms with Gasteiger partial charge in [-0.2, -0.15) is 0 Å². The molecule has 1 aliphatic heterocycles. The molecule has 1 heterocycles. The lowest BCUT2D eigenvalue weighted by Crippen LogP contribution is -2.59. The lowest BCUT2D eigenvalue weighted by Gasteiger charge is -2.36. The van der Waals surface area contributed by atoms with Gasteiger partial charge in [-0.3, -0.25) is 9.59 Å². The molecular weight excluding hydrogens is 292 g/mol. The number of benzene rings is 1. The second-order valence-electron chi connectivity index (χ2n) is 6.06. The van der Waals surface area contributed by atoms with E-state index < -0.39 is 6.10 Å². The third-order valence-corrected chi connectivity index (χ3v) is 4.10. The molecular formula is C18H26N2O3. The van der Waals surface area contributed by atoms with Gasteiger partial charge in [0.15, 0.2) is 6.10 Å². The first-order valence-corrected chi connectivity index (χ1v) is 8.34. The summed E-state index contributed by atoms with van der Waals surface area (Å²) in [6.45, 7) is 6.85. The van der Waals surface area contributed by atoms with E-state index in [1.807, 2.05) is 31.2 Å². The van der Waals surface area contributed by atoms with Crippen molar-refractivity contribution in [3.8, 4) is 5.75 Å². The van der Waals surface area contributed by atoms with Crippen LogP contribution in [0.15, 0.2) is 24.3 Å². The number of rotatable bonds is 6. The van der Waals surface area contributed by atoms with Gasteiger partial charge in [-0.1, -0.05) is 31.9 Å². The molecule has 0 spiro atoms. The summed E-state index contributed by atoms with van der Waals surface area (Å²) in [6.07, 6.45) is 2.02. The molecule has 1 N–H and O–H groups in total. The molecule has 2 rings (SSSR count). The number of ether oxygens (including phenoxy) is 1. The van der Waals surface area contributed by atoms with Gasteiger partial charge in [0.2, 0.25) is 5.91 Å². The minimum Gasteiger partial charge on any atom is -0.481 e. The van der Waals surface area contributed by atoms with Crippen molar-refractivity contribution >= 4 is 11.8 Å². The average molecular weight is 318 g/mol. The smallest absolute Gasteiger partial charge is 0.264 e. The van der Waals surface area contributed by atoms with E-state index in [1.165, 1.54) is 0 Å². The van der Waals surface area contributed by atoms with E-state index >= 15 is 0 Å². The molecule has 5 heteroatoms. The van der Waals surface area contributed by atoms with E-state index in [2.05, 4.69) is 12.2 Å². The summed E-state index contributed by atoms with van der Waals surface area (Å²) in [7, 11) is 0. The van der Waals surface area contributed by atoms with Crippen LogP contribution in [-0.4, -0.2) is 41.9 Å². The second-order valence-corrected chi connectivity index (χ2v) is 6.06. The van der Waals surface area contributed by atoms with E-state index in [0.29, 0.717) is 25.3 Å². The normalized spacial score (nSPS) is 19.2. The Morgan fingerprint density at radius 1 is 1.48 bits per heavy atom. The molecule has 0 radical (unpaired) electrons. The molecule has 1 aromatic carbocycles. The van der Waals surface area contributed by atoms with Crippen molar-refractivity contribution < 1.29 is 14.3 Å². The van der Waals surface area contributed by atoms with Crippen molar-refractivity contribution in [1.82, 2.24) is 10.2 Å². The number of hydrogen-bond donors (Lipinski definition) is 1. The first kappa shape index (κ1) is 17.3. The number of carbonyl (C=O) groups excluding carboxylic acids is 2. The largest absolute Gasteiger partial charge is 0.481 e. The minimum absolute atomic E-state index is 0.0548. The van der Waals surface area contributed by atoms with Crippen LogP contribution in [0.4, 0.5) is 0 Å². The van der Waals surface area contributed by atoms with Crippen LogP contribution < -0.4 is 10.1 Å². The maximum atomic E-state index is 12.7. The van der Waals surface area contributed by atoms with E-state index in [0.717, 1.165) is 18.4 Å². The van der Waals surface area contributed by atoms with Crippen LogP contribution in [0.2, 0.25) is 0 Å². The zero-order valence-corrected chi connectivity index (χ0v) is 14.2. The van der Waals surface area contributed by atoms with Crippen LogP contribution in [0.5, 0.6) is 5.75 Å². The maximum Gasteiger partial charge on any atom is 0.264 e. The number of nitrogens with zero attached hydrogens (tertiary/aromatic N) is 1. The van der Waals surface area contributed by atoms with E-state index in [4.69, 9.17) is 4.74 Å². The van der Waals surface area contributed by atoms with Gasteiger partial charge >= 0.3 is 0 Å². The summed E-state index contributed by atoms with van der Waals surface area (Å²) in [5.41, 5.74) is 1.08. The third-order valence-electron chi connectivity index (χ3n) is 4.10. The lowest BCUT2D eigenvalue weighted by atomic mass is 10.0. The fourth-order valence-electron chi connectivity index (χ4n) is 2.84. The number of carbonyl (C=O) groups is 2. The SMILES string of the molecule is CCCC[C@H]1C(=O)NCCN1C(=O)[C@@H](C)Oc1cccc(C)c1. The van der Waals surface area contributed by atoms with Gasteiger partial charge < -0.3 is 15.0 Å². The summed E-state index contributed by atoms with van der Waals surface area (Å²) < 4.78 is 5.78. The molecule has 1 aromatic rings. The number of aryl methyl sites for hydroxylation is 1. The molecule has 126 valence electrons. The number of piperazine rings is 1. The Balaban J connectivity index is 2.05. The zero-order chi connectivity index (χ0) is 16.8. The van der Waals surface area contributed by atoms with Gasteiger partial charge in [-0.15, -0.1) is 0 Å². The highest BCUT2D eigenvalue weighted by molar-refractivity contribution is 5.90. The molecule has 2 atom stereocenters. The van der Waals surface area contributed by atoms with Gasteiger partial charge in [-0.25, -0.2) is 0 Å². The predicted molar refractivity (Wildman–Crippen MR) is 89.3 cm³/mol. The first-order chi connectivity index (χ1) is 11.0. The number of amides is 2. The second kappa shape index (κ2) is 7.99. The molecule has 5 nitrogen and oxygen atoms in total. The monoisotopic (exact) mass is 318 g/mol. The molecule has 0 bridgehead atoms. The van der Waals surface area contributed by atoms with Crippen molar-refractivity contribution in [3.05, 3.63) is 29.8 Å². The molecule has 23 heavy (non-hydrogen) atoms. The fourth-order valence-corrected chi connectivity index (χ4v) is 2.84. The van der Waals surface area contributed by atoms with Crippen LogP contribution in [0.1, 0.15) is 38.7 Å². The number of nitrogens with one attached hydrogen (secondary N) is 1. The summed E-state index contributed by atoms with van der Waals surface area (Å²) in [5.74, 6) is 0.501. The van der Waals surface area contributed by atoms with E-state index in [1.54, 1.807) is 11.8 Å². The standard InChI is InChI=1S/C18H26N2O3/c1-4-5-9-16-17(21)19-10-11-20(16)18(22)14(3)23-15-8-6-7-13(2)12-15/h6-8,12,14,16H,4-5,9-11H2,1-3H3,(H,19,21)/t14-,16+/m1/s1. The van der Waals surface area contributed by atoms with E-state index in [9.17, 15) is 9.59 Å². The van der Waals surface area contributed by atoms with Gasteiger partial charge in [-0.05, 0) is 38.0 Å². The summed E-state index contributed by atoms with van der Waals surface area (Å²) >= 11 is 0. The Bertz CT molecular complexity index is 559. The highest BCUT2D eigenvalue weighted by atomic mass is 16.5. The van der Waals surface area contributed by atoms with Crippen LogP contribution >= 0.6 is 0 Å². The fraction of sp³-hybridized carbons (Fsp3) is 0.556. The quantitative estimate of drug-likeness (QED) is 0.875. The Morgan fingerprint density at radius 2 is 2.26 bits per heavy atom. The average Bonchev–Trinajstić information content (AvgIpc) is 2.53. The molecule has 1 fully saturated rings. The van der Waals surface area contributed by atoms with Crippen LogP contribution in [0.25, 0.3) is 0 Å². The zero-order valence-electron chi connectivity index (χ0n) is 14.2. The van der Waals surface area contributed by atoms with Crippen LogP contribution in [0.3, 0.4) is 0 Å². The first-order valence-electron chi connectivity index (χ1n) is 8.34. The Hall–Kier alpha value is -2.04. The third kappa shape index (κ3) is 4.47. The topological polar surface area (TPSA) is 58.6 Å². The van der Waals surface area contributed by atoms with Crippen molar-refractivity contribution in [3.63, 3.8) is 0 Å². The highest BCUT2D eigenvalue weighted by Crippen LogP contribution is 2.18. The Kier molecular flexibility index (Phi) is 6.02. The maximum absolute atomic E-state index is 12.7. The predicted octanol–water partition coefficient (Wildman–Crippen LogP) is 2.28. The van der Waals surface area contributed by atoms with Crippen molar-refractivity contribution in [2.24, 2.45) is 0 Å². The summed E-state index contributed by atoms with van der Waals surface area (Å²) in [6, 6.07) is 7.25. The summed E-state index contributed by atoms with van der Waals surface area (Å²) in [5, 5.41) is 2.85. The molecule has 0 aliphatic carbocycles. The van der Waals surface area contributed by atoms with Gasteiger partial charge in [0.1, 0.15) is 11.8 Å². The molecule has 1 aliphatic rings. The molecule has 2 amide bonds. The van der Waals surface area contributed by atoms with Crippen molar-refractivity contribution in [1.29, 1.82) is 0 Å². The highest BCUT2D eigenvalue weighted by Gasteiger charge is 2.35. The molecule has 0 saturated carbocycles. The lowest BCUT2D eigenvalue weighted by molar-refractivity contribution is -0.148. The molecule has 0 unspecified atom stereocenters. The molecule has 1 saturated heterocycles.